The Labute approximate surface area is 115 Å². The number of hydrogen-bond donors (Lipinski definition) is 1. The lowest BCUT2D eigenvalue weighted by atomic mass is 9.91. The molecule has 0 saturated carbocycles. The lowest BCUT2D eigenvalue weighted by Gasteiger charge is -2.23. The van der Waals surface area contributed by atoms with Crippen molar-refractivity contribution < 1.29 is 0 Å². The molecule has 1 unspecified atom stereocenters. The molecule has 1 atom stereocenters. The smallest absolute Gasteiger partial charge is 0.0454 e. The van der Waals surface area contributed by atoms with Crippen LogP contribution in [0.3, 0.4) is 0 Å². The van der Waals surface area contributed by atoms with Gasteiger partial charge in [0.15, 0.2) is 0 Å². The van der Waals surface area contributed by atoms with Crippen molar-refractivity contribution in [3.8, 4) is 0 Å². The van der Waals surface area contributed by atoms with Crippen molar-refractivity contribution in [1.29, 1.82) is 0 Å². The fraction of sp³-hybridized carbons (Fsp3) is 0.571. The Morgan fingerprint density at radius 3 is 2.35 bits per heavy atom. The second kappa shape index (κ2) is 7.25. The molecule has 0 aliphatic rings. The zero-order valence-electron chi connectivity index (χ0n) is 10.8. The highest BCUT2D eigenvalue weighted by atomic mass is 35.5. The Balaban J connectivity index is 2.89. The zero-order valence-corrected chi connectivity index (χ0v) is 12.3. The number of rotatable bonds is 6. The first-order chi connectivity index (χ1) is 8.12. The van der Waals surface area contributed by atoms with Crippen molar-refractivity contribution in [1.82, 2.24) is 5.32 Å². The van der Waals surface area contributed by atoms with Crippen molar-refractivity contribution in [3.63, 3.8) is 0 Å². The predicted octanol–water partition coefficient (Wildman–Crippen LogP) is 5.08. The Kier molecular flexibility index (Phi) is 6.32. The van der Waals surface area contributed by atoms with Gasteiger partial charge in [0.25, 0.3) is 0 Å². The molecule has 0 radical (unpaired) electrons. The summed E-state index contributed by atoms with van der Waals surface area (Å²) in [5.41, 5.74) is 1.11. The number of nitrogens with one attached hydrogen (secondary N) is 1. The van der Waals surface area contributed by atoms with E-state index in [0.29, 0.717) is 0 Å². The van der Waals surface area contributed by atoms with E-state index in [4.69, 9.17) is 23.2 Å². The van der Waals surface area contributed by atoms with E-state index in [-0.39, 0.29) is 6.04 Å². The standard InChI is InChI=1S/C14H21Cl2N/c1-4-10(5-2)8-14(17-3)12-9-11(15)6-7-13(12)16/h6-7,9-10,14,17H,4-5,8H2,1-3H3. The molecule has 0 amide bonds. The molecule has 1 aromatic rings. The van der Waals surface area contributed by atoms with Crippen LogP contribution in [0.4, 0.5) is 0 Å². The molecule has 17 heavy (non-hydrogen) atoms. The minimum atomic E-state index is 0.283. The highest BCUT2D eigenvalue weighted by molar-refractivity contribution is 6.33. The van der Waals surface area contributed by atoms with Crippen LogP contribution in [0.1, 0.15) is 44.7 Å². The quantitative estimate of drug-likeness (QED) is 0.762. The highest BCUT2D eigenvalue weighted by Gasteiger charge is 2.17. The number of hydrogen-bond acceptors (Lipinski definition) is 1. The molecular formula is C14H21Cl2N. The number of halogens is 2. The van der Waals surface area contributed by atoms with Crippen LogP contribution in [-0.4, -0.2) is 7.05 Å². The van der Waals surface area contributed by atoms with Gasteiger partial charge in [-0.2, -0.15) is 0 Å². The van der Waals surface area contributed by atoms with Gasteiger partial charge in [0.05, 0.1) is 0 Å². The van der Waals surface area contributed by atoms with Crippen LogP contribution >= 0.6 is 23.2 Å². The second-order valence-electron chi connectivity index (χ2n) is 4.43. The van der Waals surface area contributed by atoms with E-state index >= 15 is 0 Å². The summed E-state index contributed by atoms with van der Waals surface area (Å²) in [6.07, 6.45) is 3.50. The summed E-state index contributed by atoms with van der Waals surface area (Å²) in [5.74, 6) is 0.725. The van der Waals surface area contributed by atoms with E-state index in [2.05, 4.69) is 19.2 Å². The fourth-order valence-corrected chi connectivity index (χ4v) is 2.57. The maximum atomic E-state index is 6.24. The predicted molar refractivity (Wildman–Crippen MR) is 77.0 cm³/mol. The molecule has 0 saturated heterocycles. The first kappa shape index (κ1) is 14.8. The number of benzene rings is 1. The van der Waals surface area contributed by atoms with Crippen LogP contribution in [0, 0.1) is 5.92 Å². The zero-order chi connectivity index (χ0) is 12.8. The topological polar surface area (TPSA) is 12.0 Å². The van der Waals surface area contributed by atoms with Gasteiger partial charge in [0.2, 0.25) is 0 Å². The molecule has 0 aromatic heterocycles. The minimum Gasteiger partial charge on any atom is -0.313 e. The molecule has 0 spiro atoms. The van der Waals surface area contributed by atoms with Crippen molar-refractivity contribution >= 4 is 23.2 Å². The summed E-state index contributed by atoms with van der Waals surface area (Å²) in [6.45, 7) is 4.47. The third-order valence-corrected chi connectivity index (χ3v) is 3.98. The highest BCUT2D eigenvalue weighted by Crippen LogP contribution is 2.31. The van der Waals surface area contributed by atoms with Gasteiger partial charge < -0.3 is 5.32 Å². The van der Waals surface area contributed by atoms with Crippen LogP contribution in [0.15, 0.2) is 18.2 Å². The largest absolute Gasteiger partial charge is 0.313 e. The summed E-state index contributed by atoms with van der Waals surface area (Å²) in [6, 6.07) is 5.95. The van der Waals surface area contributed by atoms with E-state index in [1.165, 1.54) is 12.8 Å². The Hall–Kier alpha value is -0.240. The lowest BCUT2D eigenvalue weighted by molar-refractivity contribution is 0.385. The van der Waals surface area contributed by atoms with Crippen LogP contribution in [-0.2, 0) is 0 Å². The van der Waals surface area contributed by atoms with Gasteiger partial charge in [-0.3, -0.25) is 0 Å². The van der Waals surface area contributed by atoms with Crippen molar-refractivity contribution in [2.75, 3.05) is 7.05 Å². The van der Waals surface area contributed by atoms with Crippen LogP contribution < -0.4 is 5.32 Å². The molecule has 0 fully saturated rings. The minimum absolute atomic E-state index is 0.283. The van der Waals surface area contributed by atoms with Gasteiger partial charge in [-0.25, -0.2) is 0 Å². The maximum Gasteiger partial charge on any atom is 0.0454 e. The molecular weight excluding hydrogens is 253 g/mol. The Morgan fingerprint density at radius 1 is 1.18 bits per heavy atom. The maximum absolute atomic E-state index is 6.24. The van der Waals surface area contributed by atoms with Gasteiger partial charge in [-0.15, -0.1) is 0 Å². The first-order valence-corrected chi connectivity index (χ1v) is 7.00. The van der Waals surface area contributed by atoms with Gasteiger partial charge >= 0.3 is 0 Å². The molecule has 96 valence electrons. The fourth-order valence-electron chi connectivity index (χ4n) is 2.14. The second-order valence-corrected chi connectivity index (χ2v) is 5.27. The average molecular weight is 274 g/mol. The third kappa shape index (κ3) is 4.17. The van der Waals surface area contributed by atoms with Crippen LogP contribution in [0.25, 0.3) is 0 Å². The molecule has 1 rings (SSSR count). The lowest BCUT2D eigenvalue weighted by Crippen LogP contribution is -2.20. The molecule has 0 aliphatic heterocycles. The molecule has 1 nitrogen and oxygen atoms in total. The Morgan fingerprint density at radius 2 is 1.82 bits per heavy atom. The SMILES string of the molecule is CCC(CC)CC(NC)c1cc(Cl)ccc1Cl. The molecule has 1 N–H and O–H groups in total. The average Bonchev–Trinajstić information content (AvgIpc) is 2.34. The van der Waals surface area contributed by atoms with Crippen molar-refractivity contribution in [3.05, 3.63) is 33.8 Å². The van der Waals surface area contributed by atoms with Gasteiger partial charge in [0.1, 0.15) is 0 Å². The van der Waals surface area contributed by atoms with Crippen LogP contribution in [0.2, 0.25) is 10.0 Å². The monoisotopic (exact) mass is 273 g/mol. The summed E-state index contributed by atoms with van der Waals surface area (Å²) in [7, 11) is 1.98. The molecule has 0 bridgehead atoms. The normalized spacial score (nSPS) is 13.1. The first-order valence-electron chi connectivity index (χ1n) is 6.24. The summed E-state index contributed by atoms with van der Waals surface area (Å²) >= 11 is 12.3. The van der Waals surface area contributed by atoms with E-state index in [1.54, 1.807) is 0 Å². The molecule has 1 aromatic carbocycles. The summed E-state index contributed by atoms with van der Waals surface area (Å²) < 4.78 is 0. The van der Waals surface area contributed by atoms with Crippen LogP contribution in [0.5, 0.6) is 0 Å². The molecule has 3 heteroatoms. The van der Waals surface area contributed by atoms with Gasteiger partial charge in [-0.05, 0) is 43.1 Å². The van der Waals surface area contributed by atoms with Crippen molar-refractivity contribution in [2.24, 2.45) is 5.92 Å². The molecule has 0 heterocycles. The van der Waals surface area contributed by atoms with E-state index in [0.717, 1.165) is 27.9 Å². The molecule has 0 aliphatic carbocycles. The Bertz CT molecular complexity index is 348. The third-order valence-electron chi connectivity index (χ3n) is 3.41. The van der Waals surface area contributed by atoms with E-state index < -0.39 is 0 Å². The van der Waals surface area contributed by atoms with Gasteiger partial charge in [0, 0.05) is 16.1 Å². The van der Waals surface area contributed by atoms with E-state index in [9.17, 15) is 0 Å². The summed E-state index contributed by atoms with van der Waals surface area (Å²) in [5, 5.41) is 4.88. The van der Waals surface area contributed by atoms with Gasteiger partial charge in [-0.1, -0.05) is 49.9 Å². The van der Waals surface area contributed by atoms with E-state index in [1.807, 2.05) is 25.2 Å². The van der Waals surface area contributed by atoms with Crippen molar-refractivity contribution in [2.45, 2.75) is 39.2 Å². The summed E-state index contributed by atoms with van der Waals surface area (Å²) in [4.78, 5) is 0.